The number of sulfonamides is 1. The van der Waals surface area contributed by atoms with Crippen LogP contribution in [0.25, 0.3) is 0 Å². The maximum absolute atomic E-state index is 12.4. The minimum Gasteiger partial charge on any atom is -0.480 e. The molecule has 130 valence electrons. The number of hydrogen-bond donors (Lipinski definition) is 2. The summed E-state index contributed by atoms with van der Waals surface area (Å²) in [5.41, 5.74) is 1.43. The van der Waals surface area contributed by atoms with Crippen molar-refractivity contribution in [3.05, 3.63) is 54.1 Å². The van der Waals surface area contributed by atoms with Gasteiger partial charge in [-0.3, -0.25) is 4.79 Å². The lowest BCUT2D eigenvalue weighted by Gasteiger charge is -2.12. The molecule has 6 nitrogen and oxygen atoms in total. The van der Waals surface area contributed by atoms with Crippen molar-refractivity contribution >= 4 is 21.6 Å². The Morgan fingerprint density at radius 3 is 2.64 bits per heavy atom. The summed E-state index contributed by atoms with van der Waals surface area (Å²) in [5, 5.41) is 2.74. The number of fused-ring (bicyclic) bond motifs is 1. The van der Waals surface area contributed by atoms with Gasteiger partial charge in [-0.25, -0.2) is 13.1 Å². The maximum Gasteiger partial charge on any atom is 0.265 e. The van der Waals surface area contributed by atoms with Gasteiger partial charge in [0, 0.05) is 18.2 Å². The summed E-state index contributed by atoms with van der Waals surface area (Å²) in [4.78, 5) is 12.6. The van der Waals surface area contributed by atoms with Gasteiger partial charge in [-0.1, -0.05) is 24.3 Å². The molecular formula is C18H18N2O4S. The summed E-state index contributed by atoms with van der Waals surface area (Å²) in [6.07, 6.45) is 1.63. The highest BCUT2D eigenvalue weighted by Gasteiger charge is 2.30. The Balaban J connectivity index is 1.46. The Morgan fingerprint density at radius 2 is 1.88 bits per heavy atom. The average Bonchev–Trinajstić information content (AvgIpc) is 3.28. The third-order valence-electron chi connectivity index (χ3n) is 4.25. The Kier molecular flexibility index (Phi) is 3.97. The van der Waals surface area contributed by atoms with Gasteiger partial charge >= 0.3 is 0 Å². The van der Waals surface area contributed by atoms with Crippen LogP contribution in [0.2, 0.25) is 0 Å². The third kappa shape index (κ3) is 3.52. The number of carbonyl (C=O) groups excluding carboxylic acids is 1. The summed E-state index contributed by atoms with van der Waals surface area (Å²) in [7, 11) is -3.55. The molecule has 7 heteroatoms. The smallest absolute Gasteiger partial charge is 0.265 e. The van der Waals surface area contributed by atoms with Gasteiger partial charge in [0.25, 0.3) is 5.91 Å². The zero-order valence-corrected chi connectivity index (χ0v) is 14.3. The fraction of sp³-hybridized carbons (Fsp3) is 0.278. The minimum absolute atomic E-state index is 0.0358. The summed E-state index contributed by atoms with van der Waals surface area (Å²) >= 11 is 0. The highest BCUT2D eigenvalue weighted by atomic mass is 32.2. The van der Waals surface area contributed by atoms with E-state index in [0.29, 0.717) is 17.9 Å². The molecule has 0 unspecified atom stereocenters. The van der Waals surface area contributed by atoms with E-state index in [1.54, 1.807) is 12.1 Å². The zero-order chi connectivity index (χ0) is 17.4. The van der Waals surface area contributed by atoms with Gasteiger partial charge < -0.3 is 10.1 Å². The van der Waals surface area contributed by atoms with E-state index in [-0.39, 0.29) is 16.8 Å². The first-order chi connectivity index (χ1) is 12.0. The van der Waals surface area contributed by atoms with Crippen LogP contribution in [0.1, 0.15) is 18.4 Å². The van der Waals surface area contributed by atoms with Crippen LogP contribution in [-0.4, -0.2) is 26.5 Å². The molecule has 2 aromatic carbocycles. The van der Waals surface area contributed by atoms with Crippen molar-refractivity contribution in [3.63, 3.8) is 0 Å². The SMILES string of the molecule is O=C(Nc1cccc(S(=O)(=O)NC2CC2)c1)[C@H]1Cc2ccccc2O1. The van der Waals surface area contributed by atoms with Crippen LogP contribution < -0.4 is 14.8 Å². The number of benzene rings is 2. The minimum atomic E-state index is -3.55. The molecule has 1 aliphatic carbocycles. The van der Waals surface area contributed by atoms with Crippen LogP contribution in [0, 0.1) is 0 Å². The van der Waals surface area contributed by atoms with Gasteiger partial charge in [0.05, 0.1) is 4.90 Å². The summed E-state index contributed by atoms with van der Waals surface area (Å²) < 4.78 is 32.8. The quantitative estimate of drug-likeness (QED) is 0.857. The monoisotopic (exact) mass is 358 g/mol. The van der Waals surface area contributed by atoms with E-state index in [2.05, 4.69) is 10.0 Å². The fourth-order valence-electron chi connectivity index (χ4n) is 2.78. The van der Waals surface area contributed by atoms with Crippen LogP contribution in [0.5, 0.6) is 5.75 Å². The molecule has 1 heterocycles. The molecule has 4 rings (SSSR count). The molecule has 1 amide bonds. The first-order valence-corrected chi connectivity index (χ1v) is 9.67. The number of hydrogen-bond acceptors (Lipinski definition) is 4. The standard InChI is InChI=1S/C18H18N2O4S/c21-18(17-10-12-4-1-2-7-16(12)24-17)19-14-5-3-6-15(11-14)25(22,23)20-13-8-9-13/h1-7,11,13,17,20H,8-10H2,(H,19,21)/t17-/m1/s1. The molecule has 2 aromatic rings. The van der Waals surface area contributed by atoms with Crippen LogP contribution >= 0.6 is 0 Å². The van der Waals surface area contributed by atoms with Crippen LogP contribution in [0.4, 0.5) is 5.69 Å². The second-order valence-electron chi connectivity index (χ2n) is 6.33. The number of carbonyl (C=O) groups is 1. The van der Waals surface area contributed by atoms with Crippen molar-refractivity contribution < 1.29 is 17.9 Å². The number of anilines is 1. The van der Waals surface area contributed by atoms with Crippen LogP contribution in [-0.2, 0) is 21.2 Å². The predicted molar refractivity (Wildman–Crippen MR) is 93.0 cm³/mol. The molecule has 1 saturated carbocycles. The van der Waals surface area contributed by atoms with Gasteiger partial charge in [-0.2, -0.15) is 0 Å². The van der Waals surface area contributed by atoms with Gasteiger partial charge in [-0.15, -0.1) is 0 Å². The van der Waals surface area contributed by atoms with E-state index < -0.39 is 16.1 Å². The van der Waals surface area contributed by atoms with E-state index in [9.17, 15) is 13.2 Å². The first-order valence-electron chi connectivity index (χ1n) is 8.19. The van der Waals surface area contributed by atoms with Crippen molar-refractivity contribution in [2.75, 3.05) is 5.32 Å². The molecule has 1 fully saturated rings. The van der Waals surface area contributed by atoms with Crippen LogP contribution in [0.15, 0.2) is 53.4 Å². The lowest BCUT2D eigenvalue weighted by molar-refractivity contribution is -0.122. The normalized spacial score (nSPS) is 19.1. The van der Waals surface area contributed by atoms with E-state index in [4.69, 9.17) is 4.74 Å². The van der Waals surface area contributed by atoms with Gasteiger partial charge in [0.15, 0.2) is 6.10 Å². The molecule has 2 N–H and O–H groups in total. The fourth-order valence-corrected chi connectivity index (χ4v) is 4.13. The largest absolute Gasteiger partial charge is 0.480 e. The second kappa shape index (κ2) is 6.16. The van der Waals surface area contributed by atoms with E-state index in [1.165, 1.54) is 12.1 Å². The lowest BCUT2D eigenvalue weighted by Crippen LogP contribution is -2.31. The number of rotatable bonds is 5. The van der Waals surface area contributed by atoms with Crippen molar-refractivity contribution in [2.24, 2.45) is 0 Å². The Bertz CT molecular complexity index is 897. The molecule has 0 aromatic heterocycles. The summed E-state index contributed by atoms with van der Waals surface area (Å²) in [6, 6.07) is 13.8. The van der Waals surface area contributed by atoms with Crippen molar-refractivity contribution in [1.29, 1.82) is 0 Å². The molecule has 0 radical (unpaired) electrons. The lowest BCUT2D eigenvalue weighted by atomic mass is 10.1. The topological polar surface area (TPSA) is 84.5 Å². The van der Waals surface area contributed by atoms with Crippen molar-refractivity contribution in [1.82, 2.24) is 4.72 Å². The Hall–Kier alpha value is -2.38. The number of nitrogens with one attached hydrogen (secondary N) is 2. The number of amides is 1. The summed E-state index contributed by atoms with van der Waals surface area (Å²) in [6.45, 7) is 0. The zero-order valence-electron chi connectivity index (χ0n) is 13.4. The predicted octanol–water partition coefficient (Wildman–Crippen LogP) is 2.07. The molecule has 25 heavy (non-hydrogen) atoms. The highest BCUT2D eigenvalue weighted by Crippen LogP contribution is 2.29. The van der Waals surface area contributed by atoms with E-state index >= 15 is 0 Å². The molecule has 0 spiro atoms. The van der Waals surface area contributed by atoms with Crippen molar-refractivity contribution in [3.8, 4) is 5.75 Å². The number of ether oxygens (including phenoxy) is 1. The van der Waals surface area contributed by atoms with Crippen molar-refractivity contribution in [2.45, 2.75) is 36.3 Å². The van der Waals surface area contributed by atoms with E-state index in [1.807, 2.05) is 24.3 Å². The second-order valence-corrected chi connectivity index (χ2v) is 8.04. The molecule has 0 saturated heterocycles. The average molecular weight is 358 g/mol. The third-order valence-corrected chi connectivity index (χ3v) is 5.77. The van der Waals surface area contributed by atoms with Gasteiger partial charge in [-0.05, 0) is 42.7 Å². The molecule has 1 aliphatic heterocycles. The molecule has 1 atom stereocenters. The molecular weight excluding hydrogens is 340 g/mol. The van der Waals surface area contributed by atoms with E-state index in [0.717, 1.165) is 18.4 Å². The molecule has 0 bridgehead atoms. The van der Waals surface area contributed by atoms with Gasteiger partial charge in [0.1, 0.15) is 5.75 Å². The number of para-hydroxylation sites is 1. The van der Waals surface area contributed by atoms with Crippen LogP contribution in [0.3, 0.4) is 0 Å². The van der Waals surface area contributed by atoms with Gasteiger partial charge in [0.2, 0.25) is 10.0 Å². The maximum atomic E-state index is 12.4. The Labute approximate surface area is 146 Å². The first kappa shape index (κ1) is 16.1. The molecule has 2 aliphatic rings. The summed E-state index contributed by atoms with van der Waals surface area (Å²) in [5.74, 6) is 0.425. The Morgan fingerprint density at radius 1 is 1.08 bits per heavy atom. The highest BCUT2D eigenvalue weighted by molar-refractivity contribution is 7.89.